The van der Waals surface area contributed by atoms with Crippen molar-refractivity contribution in [2.75, 3.05) is 6.61 Å². The minimum absolute atomic E-state index is 0.237. The number of hydrogen-bond acceptors (Lipinski definition) is 2. The van der Waals surface area contributed by atoms with Crippen LogP contribution in [0.5, 0.6) is 0 Å². The Morgan fingerprint density at radius 2 is 2.50 bits per heavy atom. The van der Waals surface area contributed by atoms with Crippen molar-refractivity contribution < 1.29 is 9.47 Å². The molecule has 0 aliphatic carbocycles. The Balaban J connectivity index is 2.44. The van der Waals surface area contributed by atoms with Crippen molar-refractivity contribution in [2.24, 2.45) is 0 Å². The SMILES string of the molecule is CC=C1OCC(C)O1. The van der Waals surface area contributed by atoms with Crippen LogP contribution in [-0.2, 0) is 9.47 Å². The molecule has 1 saturated heterocycles. The zero-order valence-electron chi connectivity index (χ0n) is 5.18. The van der Waals surface area contributed by atoms with Crippen molar-refractivity contribution in [2.45, 2.75) is 20.0 Å². The highest BCUT2D eigenvalue weighted by Crippen LogP contribution is 2.12. The first-order valence-corrected chi connectivity index (χ1v) is 2.78. The third-order valence-corrected chi connectivity index (χ3v) is 1.01. The molecule has 2 nitrogen and oxygen atoms in total. The van der Waals surface area contributed by atoms with E-state index in [0.29, 0.717) is 12.6 Å². The van der Waals surface area contributed by atoms with Gasteiger partial charge in [0.1, 0.15) is 12.7 Å². The van der Waals surface area contributed by atoms with Gasteiger partial charge in [-0.2, -0.15) is 0 Å². The lowest BCUT2D eigenvalue weighted by molar-refractivity contribution is 0.149. The standard InChI is InChI=1S/C6H10O2/c1-3-6-7-4-5(2)8-6/h3,5H,4H2,1-2H3. The van der Waals surface area contributed by atoms with E-state index in [4.69, 9.17) is 9.47 Å². The van der Waals surface area contributed by atoms with Crippen molar-refractivity contribution in [3.05, 3.63) is 12.0 Å². The van der Waals surface area contributed by atoms with E-state index in [1.807, 2.05) is 19.9 Å². The molecule has 0 radical (unpaired) electrons. The van der Waals surface area contributed by atoms with Gasteiger partial charge in [-0.25, -0.2) is 0 Å². The Hall–Kier alpha value is -0.660. The van der Waals surface area contributed by atoms with Crippen molar-refractivity contribution in [1.82, 2.24) is 0 Å². The van der Waals surface area contributed by atoms with Gasteiger partial charge in [0.15, 0.2) is 0 Å². The van der Waals surface area contributed by atoms with Crippen molar-refractivity contribution >= 4 is 0 Å². The summed E-state index contributed by atoms with van der Waals surface area (Å²) in [5.74, 6) is 0.664. The zero-order valence-corrected chi connectivity index (χ0v) is 5.18. The third kappa shape index (κ3) is 0.941. The molecule has 46 valence electrons. The molecule has 1 aliphatic rings. The second-order valence-corrected chi connectivity index (χ2v) is 1.85. The summed E-state index contributed by atoms with van der Waals surface area (Å²) in [6.45, 7) is 4.57. The molecule has 2 heteroatoms. The number of rotatable bonds is 0. The average Bonchev–Trinajstić information content (AvgIpc) is 2.14. The van der Waals surface area contributed by atoms with Crippen LogP contribution in [0.4, 0.5) is 0 Å². The highest BCUT2D eigenvalue weighted by atomic mass is 16.7. The molecule has 0 aromatic carbocycles. The topological polar surface area (TPSA) is 18.5 Å². The molecule has 0 bridgehead atoms. The average molecular weight is 114 g/mol. The van der Waals surface area contributed by atoms with Gasteiger partial charge < -0.3 is 9.47 Å². The van der Waals surface area contributed by atoms with Gasteiger partial charge in [-0.1, -0.05) is 0 Å². The summed E-state index contributed by atoms with van der Waals surface area (Å²) in [6.07, 6.45) is 2.06. The molecule has 1 atom stereocenters. The van der Waals surface area contributed by atoms with Gasteiger partial charge in [0.25, 0.3) is 5.95 Å². The van der Waals surface area contributed by atoms with E-state index >= 15 is 0 Å². The van der Waals surface area contributed by atoms with Gasteiger partial charge in [-0.05, 0) is 19.9 Å². The largest absolute Gasteiger partial charge is 0.462 e. The smallest absolute Gasteiger partial charge is 0.275 e. The maximum atomic E-state index is 5.15. The molecule has 0 spiro atoms. The molecule has 1 unspecified atom stereocenters. The molecular weight excluding hydrogens is 104 g/mol. The molecule has 1 heterocycles. The maximum Gasteiger partial charge on any atom is 0.275 e. The molecule has 1 fully saturated rings. The third-order valence-electron chi connectivity index (χ3n) is 1.01. The van der Waals surface area contributed by atoms with Crippen LogP contribution in [0.25, 0.3) is 0 Å². The van der Waals surface area contributed by atoms with Crippen molar-refractivity contribution in [3.8, 4) is 0 Å². The van der Waals surface area contributed by atoms with Gasteiger partial charge >= 0.3 is 0 Å². The minimum Gasteiger partial charge on any atom is -0.462 e. The van der Waals surface area contributed by atoms with Gasteiger partial charge in [0.2, 0.25) is 0 Å². The molecule has 0 amide bonds. The van der Waals surface area contributed by atoms with E-state index in [2.05, 4.69) is 0 Å². The van der Waals surface area contributed by atoms with Crippen LogP contribution in [0.3, 0.4) is 0 Å². The lowest BCUT2D eigenvalue weighted by Crippen LogP contribution is -2.00. The molecule has 0 aromatic heterocycles. The second-order valence-electron chi connectivity index (χ2n) is 1.85. The lowest BCUT2D eigenvalue weighted by Gasteiger charge is -1.95. The highest BCUT2D eigenvalue weighted by Gasteiger charge is 2.14. The van der Waals surface area contributed by atoms with E-state index in [9.17, 15) is 0 Å². The molecule has 0 aromatic rings. The van der Waals surface area contributed by atoms with Crippen LogP contribution in [-0.4, -0.2) is 12.7 Å². The number of hydrogen-bond donors (Lipinski definition) is 0. The summed E-state index contributed by atoms with van der Waals surface area (Å²) in [5.41, 5.74) is 0. The fraction of sp³-hybridized carbons (Fsp3) is 0.667. The first-order chi connectivity index (χ1) is 3.83. The predicted molar refractivity (Wildman–Crippen MR) is 30.3 cm³/mol. The zero-order chi connectivity index (χ0) is 5.98. The Morgan fingerprint density at radius 3 is 2.75 bits per heavy atom. The Morgan fingerprint density at radius 1 is 1.75 bits per heavy atom. The van der Waals surface area contributed by atoms with Crippen LogP contribution in [0.1, 0.15) is 13.8 Å². The first-order valence-electron chi connectivity index (χ1n) is 2.78. The lowest BCUT2D eigenvalue weighted by atomic mass is 10.5. The number of ether oxygens (including phenoxy) is 2. The normalized spacial score (nSPS) is 32.2. The van der Waals surface area contributed by atoms with E-state index in [0.717, 1.165) is 0 Å². The van der Waals surface area contributed by atoms with Crippen molar-refractivity contribution in [3.63, 3.8) is 0 Å². The van der Waals surface area contributed by atoms with E-state index in [-0.39, 0.29) is 6.10 Å². The van der Waals surface area contributed by atoms with Gasteiger partial charge in [0, 0.05) is 0 Å². The van der Waals surface area contributed by atoms with Crippen LogP contribution < -0.4 is 0 Å². The molecule has 8 heavy (non-hydrogen) atoms. The van der Waals surface area contributed by atoms with Crippen LogP contribution in [0, 0.1) is 0 Å². The monoisotopic (exact) mass is 114 g/mol. The van der Waals surface area contributed by atoms with Gasteiger partial charge in [-0.15, -0.1) is 0 Å². The summed E-state index contributed by atoms with van der Waals surface area (Å²) in [4.78, 5) is 0. The number of allylic oxidation sites excluding steroid dienone is 1. The molecule has 0 saturated carbocycles. The van der Waals surface area contributed by atoms with Crippen LogP contribution in [0.15, 0.2) is 12.0 Å². The molecule has 1 rings (SSSR count). The van der Waals surface area contributed by atoms with E-state index < -0.39 is 0 Å². The van der Waals surface area contributed by atoms with Gasteiger partial charge in [-0.3, -0.25) is 0 Å². The summed E-state index contributed by atoms with van der Waals surface area (Å²) < 4.78 is 10.2. The fourth-order valence-electron chi connectivity index (χ4n) is 0.617. The first kappa shape index (κ1) is 5.48. The quantitative estimate of drug-likeness (QED) is 0.472. The van der Waals surface area contributed by atoms with Crippen molar-refractivity contribution in [1.29, 1.82) is 0 Å². The fourth-order valence-corrected chi connectivity index (χ4v) is 0.617. The Labute approximate surface area is 49.1 Å². The summed E-state index contributed by atoms with van der Waals surface area (Å²) in [5, 5.41) is 0. The second kappa shape index (κ2) is 2.07. The minimum atomic E-state index is 0.237. The maximum absolute atomic E-state index is 5.15. The van der Waals surface area contributed by atoms with Gasteiger partial charge in [0.05, 0.1) is 0 Å². The van der Waals surface area contributed by atoms with Crippen LogP contribution in [0.2, 0.25) is 0 Å². The van der Waals surface area contributed by atoms with Crippen LogP contribution >= 0.6 is 0 Å². The van der Waals surface area contributed by atoms with E-state index in [1.165, 1.54) is 0 Å². The molecule has 0 N–H and O–H groups in total. The molecular formula is C6H10O2. The predicted octanol–water partition coefficient (Wildman–Crippen LogP) is 1.28. The summed E-state index contributed by atoms with van der Waals surface area (Å²) in [7, 11) is 0. The van der Waals surface area contributed by atoms with E-state index in [1.54, 1.807) is 0 Å². The summed E-state index contributed by atoms with van der Waals surface area (Å²) >= 11 is 0. The Bertz CT molecular complexity index is 107. The summed E-state index contributed by atoms with van der Waals surface area (Å²) in [6, 6.07) is 0. The highest BCUT2D eigenvalue weighted by molar-refractivity contribution is 4.84. The Kier molecular flexibility index (Phi) is 1.42. The molecule has 1 aliphatic heterocycles.